The lowest BCUT2D eigenvalue weighted by atomic mass is 9.75. The maximum Gasteiger partial charge on any atom is 0.0499 e. The highest BCUT2D eigenvalue weighted by Crippen LogP contribution is 2.37. The zero-order valence-corrected chi connectivity index (χ0v) is 12.2. The topological polar surface area (TPSA) is 32.3 Å². The highest BCUT2D eigenvalue weighted by molar-refractivity contribution is 5.22. The molecular formula is C17H27NO. The van der Waals surface area contributed by atoms with E-state index in [1.807, 2.05) is 0 Å². The monoisotopic (exact) mass is 261 g/mol. The maximum absolute atomic E-state index is 9.57. The van der Waals surface area contributed by atoms with Crippen LogP contribution in [0.3, 0.4) is 0 Å². The summed E-state index contributed by atoms with van der Waals surface area (Å²) in [6, 6.07) is 11.4. The second kappa shape index (κ2) is 6.53. The number of benzene rings is 1. The Kier molecular flexibility index (Phi) is 5.00. The number of nitrogens with one attached hydrogen (secondary N) is 1. The van der Waals surface area contributed by atoms with Crippen LogP contribution in [0.4, 0.5) is 0 Å². The summed E-state index contributed by atoms with van der Waals surface area (Å²) in [6.07, 6.45) is 4.56. The first kappa shape index (κ1) is 14.5. The standard InChI is InChI=1S/C17H27NO/c1-3-17(4-2,13-19)12-18-16-10-15(11-16)14-8-6-5-7-9-14/h5-9,15-16,18-19H,3-4,10-13H2,1-2H3. The van der Waals surface area contributed by atoms with E-state index in [1.54, 1.807) is 0 Å². The first-order chi connectivity index (χ1) is 9.23. The molecule has 1 fully saturated rings. The van der Waals surface area contributed by atoms with Crippen molar-refractivity contribution in [1.82, 2.24) is 5.32 Å². The van der Waals surface area contributed by atoms with Crippen molar-refractivity contribution in [2.75, 3.05) is 13.2 Å². The van der Waals surface area contributed by atoms with Gasteiger partial charge < -0.3 is 10.4 Å². The molecular weight excluding hydrogens is 234 g/mol. The summed E-state index contributed by atoms with van der Waals surface area (Å²) in [5, 5.41) is 13.2. The van der Waals surface area contributed by atoms with Crippen molar-refractivity contribution in [2.45, 2.75) is 51.5 Å². The van der Waals surface area contributed by atoms with E-state index in [4.69, 9.17) is 0 Å². The summed E-state index contributed by atoms with van der Waals surface area (Å²) >= 11 is 0. The van der Waals surface area contributed by atoms with Crippen molar-refractivity contribution in [1.29, 1.82) is 0 Å². The maximum atomic E-state index is 9.57. The molecule has 19 heavy (non-hydrogen) atoms. The van der Waals surface area contributed by atoms with Gasteiger partial charge in [-0.05, 0) is 37.2 Å². The van der Waals surface area contributed by atoms with Gasteiger partial charge in [0.15, 0.2) is 0 Å². The smallest absolute Gasteiger partial charge is 0.0499 e. The number of aliphatic hydroxyl groups excluding tert-OH is 1. The number of aliphatic hydroxyl groups is 1. The van der Waals surface area contributed by atoms with E-state index in [2.05, 4.69) is 49.5 Å². The highest BCUT2D eigenvalue weighted by Gasteiger charge is 2.32. The van der Waals surface area contributed by atoms with Gasteiger partial charge in [-0.2, -0.15) is 0 Å². The second-order valence-electron chi connectivity index (χ2n) is 6.02. The van der Waals surface area contributed by atoms with Crippen LogP contribution in [0.5, 0.6) is 0 Å². The minimum absolute atomic E-state index is 0.0812. The van der Waals surface area contributed by atoms with E-state index < -0.39 is 0 Å². The first-order valence-electron chi connectivity index (χ1n) is 7.62. The Bertz CT molecular complexity index is 358. The molecule has 0 amide bonds. The van der Waals surface area contributed by atoms with Crippen molar-refractivity contribution in [3.05, 3.63) is 35.9 Å². The molecule has 1 saturated carbocycles. The molecule has 0 saturated heterocycles. The molecule has 0 bridgehead atoms. The molecule has 106 valence electrons. The Labute approximate surface area is 117 Å². The number of rotatable bonds is 7. The SMILES string of the molecule is CCC(CC)(CO)CNC1CC(c2ccccc2)C1. The fourth-order valence-electron chi connectivity index (χ4n) is 2.92. The Morgan fingerprint density at radius 1 is 1.16 bits per heavy atom. The van der Waals surface area contributed by atoms with Gasteiger partial charge in [0, 0.05) is 24.6 Å². The molecule has 1 aromatic rings. The summed E-state index contributed by atoms with van der Waals surface area (Å²) in [6.45, 7) is 5.59. The Morgan fingerprint density at radius 3 is 2.32 bits per heavy atom. The lowest BCUT2D eigenvalue weighted by molar-refractivity contribution is 0.103. The lowest BCUT2D eigenvalue weighted by Gasteiger charge is -2.39. The zero-order valence-electron chi connectivity index (χ0n) is 12.2. The second-order valence-corrected chi connectivity index (χ2v) is 6.02. The van der Waals surface area contributed by atoms with Crippen LogP contribution in [0.2, 0.25) is 0 Å². The molecule has 0 aliphatic heterocycles. The molecule has 2 nitrogen and oxygen atoms in total. The molecule has 0 unspecified atom stereocenters. The van der Waals surface area contributed by atoms with E-state index in [9.17, 15) is 5.11 Å². The van der Waals surface area contributed by atoms with Crippen LogP contribution < -0.4 is 5.32 Å². The molecule has 1 aliphatic rings. The van der Waals surface area contributed by atoms with Crippen LogP contribution in [0.25, 0.3) is 0 Å². The van der Waals surface area contributed by atoms with Crippen LogP contribution in [-0.4, -0.2) is 24.3 Å². The van der Waals surface area contributed by atoms with Crippen LogP contribution in [0.1, 0.15) is 51.0 Å². The molecule has 2 heteroatoms. The van der Waals surface area contributed by atoms with E-state index in [-0.39, 0.29) is 5.41 Å². The summed E-state index contributed by atoms with van der Waals surface area (Å²) in [5.41, 5.74) is 1.55. The molecule has 1 aromatic carbocycles. The van der Waals surface area contributed by atoms with Crippen molar-refractivity contribution in [3.63, 3.8) is 0 Å². The van der Waals surface area contributed by atoms with Crippen LogP contribution in [-0.2, 0) is 0 Å². The van der Waals surface area contributed by atoms with Crippen LogP contribution in [0.15, 0.2) is 30.3 Å². The van der Waals surface area contributed by atoms with Gasteiger partial charge in [-0.25, -0.2) is 0 Å². The van der Waals surface area contributed by atoms with Crippen LogP contribution >= 0.6 is 0 Å². The molecule has 2 N–H and O–H groups in total. The van der Waals surface area contributed by atoms with E-state index >= 15 is 0 Å². The molecule has 0 aromatic heterocycles. The molecule has 0 heterocycles. The summed E-state index contributed by atoms with van der Waals surface area (Å²) in [4.78, 5) is 0. The van der Waals surface area contributed by atoms with Crippen molar-refractivity contribution < 1.29 is 5.11 Å². The van der Waals surface area contributed by atoms with Gasteiger partial charge in [0.05, 0.1) is 0 Å². The van der Waals surface area contributed by atoms with Gasteiger partial charge in [-0.15, -0.1) is 0 Å². The molecule has 2 rings (SSSR count). The minimum atomic E-state index is 0.0812. The fourth-order valence-corrected chi connectivity index (χ4v) is 2.92. The average Bonchev–Trinajstić information content (AvgIpc) is 2.43. The van der Waals surface area contributed by atoms with Crippen molar-refractivity contribution in [3.8, 4) is 0 Å². The Hall–Kier alpha value is -0.860. The largest absolute Gasteiger partial charge is 0.396 e. The molecule has 1 aliphatic carbocycles. The Balaban J connectivity index is 1.76. The van der Waals surface area contributed by atoms with Gasteiger partial charge in [-0.3, -0.25) is 0 Å². The van der Waals surface area contributed by atoms with Gasteiger partial charge in [0.2, 0.25) is 0 Å². The quantitative estimate of drug-likeness (QED) is 0.789. The third-order valence-electron chi connectivity index (χ3n) is 5.01. The van der Waals surface area contributed by atoms with Gasteiger partial charge in [0.25, 0.3) is 0 Å². The zero-order chi connectivity index (χ0) is 13.7. The third-order valence-corrected chi connectivity index (χ3v) is 5.01. The minimum Gasteiger partial charge on any atom is -0.396 e. The first-order valence-corrected chi connectivity index (χ1v) is 7.62. The van der Waals surface area contributed by atoms with Crippen LogP contribution in [0, 0.1) is 5.41 Å². The molecule has 0 atom stereocenters. The predicted molar refractivity (Wildman–Crippen MR) is 80.3 cm³/mol. The average molecular weight is 261 g/mol. The summed E-state index contributed by atoms with van der Waals surface area (Å²) in [7, 11) is 0. The molecule has 0 radical (unpaired) electrons. The summed E-state index contributed by atoms with van der Waals surface area (Å²) in [5.74, 6) is 0.727. The Morgan fingerprint density at radius 2 is 1.79 bits per heavy atom. The molecule has 0 spiro atoms. The normalized spacial score (nSPS) is 23.1. The lowest BCUT2D eigenvalue weighted by Crippen LogP contribution is -2.46. The van der Waals surface area contributed by atoms with Crippen molar-refractivity contribution >= 4 is 0 Å². The van der Waals surface area contributed by atoms with Crippen molar-refractivity contribution in [2.24, 2.45) is 5.41 Å². The van der Waals surface area contributed by atoms with Gasteiger partial charge in [-0.1, -0.05) is 44.2 Å². The fraction of sp³-hybridized carbons (Fsp3) is 0.647. The van der Waals surface area contributed by atoms with Gasteiger partial charge >= 0.3 is 0 Å². The highest BCUT2D eigenvalue weighted by atomic mass is 16.3. The van der Waals surface area contributed by atoms with Gasteiger partial charge in [0.1, 0.15) is 0 Å². The van der Waals surface area contributed by atoms with E-state index in [0.29, 0.717) is 12.6 Å². The van der Waals surface area contributed by atoms with E-state index in [0.717, 1.165) is 25.3 Å². The third kappa shape index (κ3) is 3.37. The summed E-state index contributed by atoms with van der Waals surface area (Å²) < 4.78 is 0. The number of hydrogen-bond donors (Lipinski definition) is 2. The van der Waals surface area contributed by atoms with E-state index in [1.165, 1.54) is 18.4 Å². The number of hydrogen-bond acceptors (Lipinski definition) is 2. The predicted octanol–water partition coefficient (Wildman–Crippen LogP) is 3.32.